The van der Waals surface area contributed by atoms with Gasteiger partial charge in [-0.3, -0.25) is 24.1 Å². The van der Waals surface area contributed by atoms with Crippen molar-refractivity contribution in [2.75, 3.05) is 39.6 Å². The standard InChI is InChI=1S/C16H23NO7/c1-13-11-15(20)17(16(13)21)5-4-14(19)3-2-6-22-7-8-23-9-10-24-12-18/h11-12H,2-10H2,1H3. The molecule has 0 N–H and O–H groups in total. The fourth-order valence-corrected chi connectivity index (χ4v) is 2.06. The van der Waals surface area contributed by atoms with Crippen LogP contribution in [-0.4, -0.2) is 68.5 Å². The first-order valence-corrected chi connectivity index (χ1v) is 7.83. The third kappa shape index (κ3) is 7.47. The number of rotatable bonds is 14. The van der Waals surface area contributed by atoms with Crippen molar-refractivity contribution in [3.63, 3.8) is 0 Å². The lowest BCUT2D eigenvalue weighted by atomic mass is 10.1. The van der Waals surface area contributed by atoms with E-state index in [0.29, 0.717) is 51.3 Å². The van der Waals surface area contributed by atoms with E-state index < -0.39 is 0 Å². The molecule has 134 valence electrons. The van der Waals surface area contributed by atoms with Crippen LogP contribution >= 0.6 is 0 Å². The van der Waals surface area contributed by atoms with E-state index in [4.69, 9.17) is 9.47 Å². The molecule has 0 spiro atoms. The highest BCUT2D eigenvalue weighted by Crippen LogP contribution is 2.12. The molecule has 0 fully saturated rings. The smallest absolute Gasteiger partial charge is 0.293 e. The van der Waals surface area contributed by atoms with Crippen LogP contribution in [0.3, 0.4) is 0 Å². The SMILES string of the molecule is CC1=CC(=O)N(CCC(=O)CCCOCCOCCOC=O)C1=O. The number of amides is 2. The predicted molar refractivity (Wildman–Crippen MR) is 83.0 cm³/mol. The molecule has 0 aromatic carbocycles. The highest BCUT2D eigenvalue weighted by Gasteiger charge is 2.28. The van der Waals surface area contributed by atoms with Gasteiger partial charge in [-0.25, -0.2) is 0 Å². The van der Waals surface area contributed by atoms with E-state index in [0.717, 1.165) is 4.90 Å². The van der Waals surface area contributed by atoms with Crippen LogP contribution in [0, 0.1) is 0 Å². The summed E-state index contributed by atoms with van der Waals surface area (Å²) in [5.41, 5.74) is 0.404. The molecule has 1 rings (SSSR count). The van der Waals surface area contributed by atoms with E-state index in [1.54, 1.807) is 6.92 Å². The molecule has 1 aliphatic rings. The minimum Gasteiger partial charge on any atom is -0.465 e. The second-order valence-corrected chi connectivity index (χ2v) is 5.21. The Morgan fingerprint density at radius 3 is 2.38 bits per heavy atom. The van der Waals surface area contributed by atoms with Crippen LogP contribution < -0.4 is 0 Å². The molecule has 0 bridgehead atoms. The first-order valence-electron chi connectivity index (χ1n) is 7.83. The third-order valence-corrected chi connectivity index (χ3v) is 3.33. The molecule has 8 nitrogen and oxygen atoms in total. The molecule has 0 unspecified atom stereocenters. The molecule has 1 aliphatic heterocycles. The Kier molecular flexibility index (Phi) is 9.55. The molecule has 0 radical (unpaired) electrons. The zero-order chi connectivity index (χ0) is 17.8. The molecular formula is C16H23NO7. The maximum Gasteiger partial charge on any atom is 0.293 e. The second-order valence-electron chi connectivity index (χ2n) is 5.21. The van der Waals surface area contributed by atoms with Gasteiger partial charge in [0.25, 0.3) is 18.3 Å². The zero-order valence-corrected chi connectivity index (χ0v) is 13.8. The molecule has 0 aromatic rings. The molecule has 2 amide bonds. The number of hydrogen-bond donors (Lipinski definition) is 0. The van der Waals surface area contributed by atoms with Crippen molar-refractivity contribution >= 4 is 24.1 Å². The van der Waals surface area contributed by atoms with Gasteiger partial charge in [0.1, 0.15) is 12.4 Å². The highest BCUT2D eigenvalue weighted by molar-refractivity contribution is 6.15. The van der Waals surface area contributed by atoms with E-state index in [1.165, 1.54) is 6.08 Å². The maximum absolute atomic E-state index is 11.7. The predicted octanol–water partition coefficient (Wildman–Crippen LogP) is 0.247. The molecule has 0 saturated carbocycles. The fourth-order valence-electron chi connectivity index (χ4n) is 2.06. The summed E-state index contributed by atoms with van der Waals surface area (Å²) in [5.74, 6) is -0.687. The monoisotopic (exact) mass is 341 g/mol. The summed E-state index contributed by atoms with van der Waals surface area (Å²) in [6.07, 6.45) is 2.37. The Morgan fingerprint density at radius 1 is 1.08 bits per heavy atom. The highest BCUT2D eigenvalue weighted by atomic mass is 16.6. The first kappa shape index (κ1) is 20.0. The molecule has 0 aromatic heterocycles. The van der Waals surface area contributed by atoms with Crippen LogP contribution in [0.4, 0.5) is 0 Å². The minimum atomic E-state index is -0.354. The lowest BCUT2D eigenvalue weighted by Gasteiger charge is -2.13. The number of ether oxygens (including phenoxy) is 3. The summed E-state index contributed by atoms with van der Waals surface area (Å²) < 4.78 is 14.9. The van der Waals surface area contributed by atoms with Gasteiger partial charge in [0.05, 0.1) is 19.8 Å². The van der Waals surface area contributed by atoms with Gasteiger partial charge in [0, 0.05) is 37.6 Å². The maximum atomic E-state index is 11.7. The number of ketones is 1. The second kappa shape index (κ2) is 11.5. The number of imide groups is 1. The van der Waals surface area contributed by atoms with E-state index >= 15 is 0 Å². The summed E-state index contributed by atoms with van der Waals surface area (Å²) >= 11 is 0. The fraction of sp³-hybridized carbons (Fsp3) is 0.625. The van der Waals surface area contributed by atoms with Gasteiger partial charge in [-0.1, -0.05) is 0 Å². The minimum absolute atomic E-state index is 0.00832. The summed E-state index contributed by atoms with van der Waals surface area (Å²) in [6, 6.07) is 0. The van der Waals surface area contributed by atoms with Crippen molar-refractivity contribution < 1.29 is 33.4 Å². The van der Waals surface area contributed by atoms with Crippen LogP contribution in [0.15, 0.2) is 11.6 Å². The van der Waals surface area contributed by atoms with Crippen LogP contribution in [0.5, 0.6) is 0 Å². The lowest BCUT2D eigenvalue weighted by Crippen LogP contribution is -2.32. The van der Waals surface area contributed by atoms with Gasteiger partial charge in [0.15, 0.2) is 0 Å². The topological polar surface area (TPSA) is 99.2 Å². The van der Waals surface area contributed by atoms with Crippen molar-refractivity contribution in [3.05, 3.63) is 11.6 Å². The van der Waals surface area contributed by atoms with Crippen molar-refractivity contribution in [2.45, 2.75) is 26.2 Å². The van der Waals surface area contributed by atoms with E-state index in [2.05, 4.69) is 4.74 Å². The Morgan fingerprint density at radius 2 is 1.75 bits per heavy atom. The molecule has 0 saturated heterocycles. The number of hydrogen-bond acceptors (Lipinski definition) is 7. The Balaban J connectivity index is 1.96. The number of nitrogens with zero attached hydrogens (tertiary/aromatic N) is 1. The van der Waals surface area contributed by atoms with Crippen molar-refractivity contribution in [1.29, 1.82) is 0 Å². The van der Waals surface area contributed by atoms with E-state index in [-0.39, 0.29) is 37.2 Å². The Labute approximate surface area is 140 Å². The molecule has 0 aliphatic carbocycles. The van der Waals surface area contributed by atoms with Crippen LogP contribution in [0.2, 0.25) is 0 Å². The third-order valence-electron chi connectivity index (χ3n) is 3.33. The number of carbonyl (C=O) groups is 4. The average Bonchev–Trinajstić information content (AvgIpc) is 2.80. The lowest BCUT2D eigenvalue weighted by molar-refractivity contribution is -0.137. The zero-order valence-electron chi connectivity index (χ0n) is 13.8. The van der Waals surface area contributed by atoms with Gasteiger partial charge < -0.3 is 14.2 Å². The van der Waals surface area contributed by atoms with Crippen molar-refractivity contribution in [3.8, 4) is 0 Å². The van der Waals surface area contributed by atoms with Gasteiger partial charge in [0.2, 0.25) is 0 Å². The molecule has 8 heteroatoms. The van der Waals surface area contributed by atoms with Crippen LogP contribution in [0.25, 0.3) is 0 Å². The summed E-state index contributed by atoms with van der Waals surface area (Å²) in [7, 11) is 0. The summed E-state index contributed by atoms with van der Waals surface area (Å²) in [4.78, 5) is 45.9. The largest absolute Gasteiger partial charge is 0.465 e. The number of carbonyl (C=O) groups excluding carboxylic acids is 4. The van der Waals surface area contributed by atoms with E-state index in [1.807, 2.05) is 0 Å². The molecular weight excluding hydrogens is 318 g/mol. The summed E-state index contributed by atoms with van der Waals surface area (Å²) in [5, 5.41) is 0. The average molecular weight is 341 g/mol. The summed E-state index contributed by atoms with van der Waals surface area (Å²) in [6.45, 7) is 3.84. The first-order chi connectivity index (χ1) is 11.6. The van der Waals surface area contributed by atoms with Gasteiger partial charge in [-0.2, -0.15) is 0 Å². The van der Waals surface area contributed by atoms with E-state index in [9.17, 15) is 19.2 Å². The van der Waals surface area contributed by atoms with Crippen molar-refractivity contribution in [2.24, 2.45) is 0 Å². The Hall–Kier alpha value is -2.06. The number of Topliss-reactive ketones (excluding diaryl/α,β-unsaturated/α-hetero) is 1. The van der Waals surface area contributed by atoms with Crippen LogP contribution in [-0.2, 0) is 33.4 Å². The van der Waals surface area contributed by atoms with Gasteiger partial charge in [-0.05, 0) is 13.3 Å². The molecule has 0 atom stereocenters. The Bertz CT molecular complexity index is 487. The quantitative estimate of drug-likeness (QED) is 0.254. The molecule has 24 heavy (non-hydrogen) atoms. The van der Waals surface area contributed by atoms with Crippen LogP contribution in [0.1, 0.15) is 26.2 Å². The van der Waals surface area contributed by atoms with Gasteiger partial charge in [-0.15, -0.1) is 0 Å². The van der Waals surface area contributed by atoms with Crippen molar-refractivity contribution in [1.82, 2.24) is 4.90 Å². The van der Waals surface area contributed by atoms with Gasteiger partial charge >= 0.3 is 0 Å². The normalized spacial score (nSPS) is 14.0. The molecule has 1 heterocycles.